The first-order chi connectivity index (χ1) is 11.5. The number of hydrogen-bond donors (Lipinski definition) is 2. The van der Waals surface area contributed by atoms with Crippen molar-refractivity contribution in [2.24, 2.45) is 0 Å². The number of carbonyl (C=O) groups excluding carboxylic acids is 1. The Morgan fingerprint density at radius 2 is 1.92 bits per heavy atom. The van der Waals surface area contributed by atoms with Crippen molar-refractivity contribution in [2.45, 2.75) is 25.3 Å². The molecule has 1 aromatic carbocycles. The Morgan fingerprint density at radius 3 is 2.46 bits per heavy atom. The number of amides is 1. The second-order valence-corrected chi connectivity index (χ2v) is 7.19. The fraction of sp³-hybridized carbons (Fsp3) is 0.353. The van der Waals surface area contributed by atoms with Crippen LogP contribution in [0.4, 0.5) is 0 Å². The van der Waals surface area contributed by atoms with Crippen LogP contribution in [0.2, 0.25) is 0 Å². The molecule has 0 atom stereocenters. The number of nitrogens with zero attached hydrogens (tertiary/aromatic N) is 2. The van der Waals surface area contributed by atoms with Crippen molar-refractivity contribution in [3.63, 3.8) is 0 Å². The van der Waals surface area contributed by atoms with Gasteiger partial charge in [0.2, 0.25) is 0 Å². The summed E-state index contributed by atoms with van der Waals surface area (Å²) >= 11 is 1.71. The van der Waals surface area contributed by atoms with E-state index in [2.05, 4.69) is 10.4 Å². The molecule has 2 heterocycles. The van der Waals surface area contributed by atoms with Gasteiger partial charge in [0.1, 0.15) is 5.54 Å². The minimum Gasteiger partial charge on any atom is -0.480 e. The second-order valence-electron chi connectivity index (χ2n) is 5.96. The van der Waals surface area contributed by atoms with Gasteiger partial charge >= 0.3 is 5.97 Å². The van der Waals surface area contributed by atoms with E-state index in [1.165, 1.54) is 0 Å². The average molecular weight is 345 g/mol. The zero-order valence-electron chi connectivity index (χ0n) is 13.4. The highest BCUT2D eigenvalue weighted by atomic mass is 32.2. The number of aryl methyl sites for hydroxylation is 1. The van der Waals surface area contributed by atoms with Gasteiger partial charge in [0.05, 0.1) is 11.9 Å². The van der Waals surface area contributed by atoms with Crippen molar-refractivity contribution in [2.75, 3.05) is 11.5 Å². The molecule has 6 nitrogen and oxygen atoms in total. The molecule has 1 aliphatic rings. The summed E-state index contributed by atoms with van der Waals surface area (Å²) in [6.07, 6.45) is 4.55. The van der Waals surface area contributed by atoms with Gasteiger partial charge in [0.25, 0.3) is 5.91 Å². The summed E-state index contributed by atoms with van der Waals surface area (Å²) in [6.45, 7) is 1.96. The van der Waals surface area contributed by atoms with E-state index in [9.17, 15) is 14.7 Å². The predicted molar refractivity (Wildman–Crippen MR) is 92.7 cm³/mol. The van der Waals surface area contributed by atoms with Gasteiger partial charge in [0.15, 0.2) is 0 Å². The monoisotopic (exact) mass is 345 g/mol. The van der Waals surface area contributed by atoms with Gasteiger partial charge in [-0.15, -0.1) is 0 Å². The van der Waals surface area contributed by atoms with E-state index >= 15 is 0 Å². The number of aromatic nitrogens is 2. The molecule has 0 bridgehead atoms. The third-order valence-corrected chi connectivity index (χ3v) is 5.20. The van der Waals surface area contributed by atoms with Gasteiger partial charge in [-0.25, -0.2) is 9.48 Å². The molecule has 24 heavy (non-hydrogen) atoms. The molecule has 0 spiro atoms. The number of hydrogen-bond acceptors (Lipinski definition) is 4. The van der Waals surface area contributed by atoms with E-state index in [0.717, 1.165) is 22.8 Å². The van der Waals surface area contributed by atoms with E-state index < -0.39 is 11.5 Å². The lowest BCUT2D eigenvalue weighted by molar-refractivity contribution is -0.144. The molecule has 0 aliphatic carbocycles. The fourth-order valence-electron chi connectivity index (χ4n) is 2.72. The maximum Gasteiger partial charge on any atom is 0.329 e. The summed E-state index contributed by atoms with van der Waals surface area (Å²) in [4.78, 5) is 24.1. The van der Waals surface area contributed by atoms with Crippen molar-refractivity contribution in [3.8, 4) is 5.69 Å². The molecule has 1 aromatic heterocycles. The number of benzene rings is 1. The maximum absolute atomic E-state index is 12.5. The first-order valence-electron chi connectivity index (χ1n) is 7.76. The number of carboxylic acids is 1. The largest absolute Gasteiger partial charge is 0.480 e. The molecular weight excluding hydrogens is 326 g/mol. The molecule has 0 unspecified atom stereocenters. The van der Waals surface area contributed by atoms with Crippen LogP contribution in [0.5, 0.6) is 0 Å². The van der Waals surface area contributed by atoms with Crippen molar-refractivity contribution < 1.29 is 14.7 Å². The minimum absolute atomic E-state index is 0.354. The number of rotatable bonds is 4. The van der Waals surface area contributed by atoms with Crippen LogP contribution in [0.1, 0.15) is 28.8 Å². The lowest BCUT2D eigenvalue weighted by Gasteiger charge is -2.33. The zero-order chi connectivity index (χ0) is 17.2. The molecule has 2 aromatic rings. The summed E-state index contributed by atoms with van der Waals surface area (Å²) in [5.74, 6) is 0.168. The Morgan fingerprint density at radius 1 is 1.25 bits per heavy atom. The quantitative estimate of drug-likeness (QED) is 0.888. The first kappa shape index (κ1) is 16.6. The highest BCUT2D eigenvalue weighted by Crippen LogP contribution is 2.28. The Kier molecular flexibility index (Phi) is 4.62. The van der Waals surface area contributed by atoms with E-state index in [-0.39, 0.29) is 5.91 Å². The maximum atomic E-state index is 12.5. The van der Waals surface area contributed by atoms with Crippen molar-refractivity contribution in [1.82, 2.24) is 15.1 Å². The number of aliphatic carboxylic acids is 1. The molecule has 3 rings (SSSR count). The van der Waals surface area contributed by atoms with Crippen LogP contribution in [0.15, 0.2) is 36.7 Å². The highest BCUT2D eigenvalue weighted by Gasteiger charge is 2.41. The second kappa shape index (κ2) is 6.68. The summed E-state index contributed by atoms with van der Waals surface area (Å²) < 4.78 is 1.73. The van der Waals surface area contributed by atoms with E-state index in [0.29, 0.717) is 18.4 Å². The summed E-state index contributed by atoms with van der Waals surface area (Å²) in [5.41, 5.74) is 1.19. The zero-order valence-corrected chi connectivity index (χ0v) is 14.2. The van der Waals surface area contributed by atoms with Gasteiger partial charge < -0.3 is 10.4 Å². The summed E-state index contributed by atoms with van der Waals surface area (Å²) in [5, 5.41) is 16.5. The third kappa shape index (κ3) is 3.31. The fourth-order valence-corrected chi connectivity index (χ4v) is 3.91. The van der Waals surface area contributed by atoms with Crippen molar-refractivity contribution in [1.29, 1.82) is 0 Å². The number of nitrogens with one attached hydrogen (secondary N) is 1. The van der Waals surface area contributed by atoms with E-state index in [1.807, 2.05) is 13.1 Å². The lowest BCUT2D eigenvalue weighted by atomic mass is 9.92. The van der Waals surface area contributed by atoms with Crippen LogP contribution >= 0.6 is 11.8 Å². The predicted octanol–water partition coefficient (Wildman–Crippen LogP) is 2.26. The van der Waals surface area contributed by atoms with Gasteiger partial charge in [-0.1, -0.05) is 0 Å². The molecule has 126 valence electrons. The lowest BCUT2D eigenvalue weighted by Crippen LogP contribution is -2.56. The van der Waals surface area contributed by atoms with Crippen LogP contribution in [-0.4, -0.2) is 43.8 Å². The Hall–Kier alpha value is -2.28. The topological polar surface area (TPSA) is 84.2 Å². The molecule has 1 amide bonds. The summed E-state index contributed by atoms with van der Waals surface area (Å²) in [6, 6.07) is 6.97. The smallest absolute Gasteiger partial charge is 0.329 e. The van der Waals surface area contributed by atoms with Gasteiger partial charge in [-0.2, -0.15) is 16.9 Å². The SMILES string of the molecule is Cc1cnn(-c2ccc(C(=O)NC3(C(=O)O)CCSCC3)cc2)c1. The number of thioether (sulfide) groups is 1. The Labute approximate surface area is 144 Å². The highest BCUT2D eigenvalue weighted by molar-refractivity contribution is 7.99. The molecule has 1 aliphatic heterocycles. The number of carbonyl (C=O) groups is 2. The van der Waals surface area contributed by atoms with Gasteiger partial charge in [-0.3, -0.25) is 4.79 Å². The van der Waals surface area contributed by atoms with Gasteiger partial charge in [-0.05, 0) is 61.1 Å². The Bertz CT molecular complexity index is 749. The average Bonchev–Trinajstić information content (AvgIpc) is 3.02. The normalized spacial score (nSPS) is 16.5. The van der Waals surface area contributed by atoms with Crippen LogP contribution in [0, 0.1) is 6.92 Å². The minimum atomic E-state index is -1.15. The van der Waals surface area contributed by atoms with Gasteiger partial charge in [0, 0.05) is 11.8 Å². The van der Waals surface area contributed by atoms with Crippen LogP contribution in [-0.2, 0) is 4.79 Å². The summed E-state index contributed by atoms with van der Waals surface area (Å²) in [7, 11) is 0. The molecule has 2 N–H and O–H groups in total. The van der Waals surface area contributed by atoms with Crippen LogP contribution < -0.4 is 5.32 Å². The molecule has 0 radical (unpaired) electrons. The molecule has 1 saturated heterocycles. The standard InChI is InChI=1S/C17H19N3O3S/c1-12-10-18-20(11-12)14-4-2-13(3-5-14)15(21)19-17(16(22)23)6-8-24-9-7-17/h2-5,10-11H,6-9H2,1H3,(H,19,21)(H,22,23). The van der Waals surface area contributed by atoms with Crippen LogP contribution in [0.25, 0.3) is 5.69 Å². The van der Waals surface area contributed by atoms with Crippen molar-refractivity contribution in [3.05, 3.63) is 47.8 Å². The van der Waals surface area contributed by atoms with E-state index in [4.69, 9.17) is 0 Å². The molecule has 0 saturated carbocycles. The number of carboxylic acid groups (broad SMARTS) is 1. The third-order valence-electron chi connectivity index (χ3n) is 4.21. The first-order valence-corrected chi connectivity index (χ1v) is 8.91. The van der Waals surface area contributed by atoms with E-state index in [1.54, 1.807) is 46.9 Å². The molecule has 7 heteroatoms. The molecular formula is C17H19N3O3S. The Balaban J connectivity index is 1.76. The van der Waals surface area contributed by atoms with Crippen LogP contribution in [0.3, 0.4) is 0 Å². The van der Waals surface area contributed by atoms with Crippen molar-refractivity contribution >= 4 is 23.6 Å². The molecule has 1 fully saturated rings.